The largest absolute Gasteiger partial charge is 0.458 e. The Morgan fingerprint density at radius 2 is 2.13 bits per heavy atom. The van der Waals surface area contributed by atoms with Crippen LogP contribution < -0.4 is 11.3 Å². The van der Waals surface area contributed by atoms with Crippen molar-refractivity contribution >= 4 is 39.9 Å². The van der Waals surface area contributed by atoms with E-state index in [9.17, 15) is 14.7 Å². The molecule has 1 aromatic carbocycles. The Morgan fingerprint density at radius 3 is 2.90 bits per heavy atom. The van der Waals surface area contributed by atoms with Crippen LogP contribution in [0.25, 0.3) is 27.9 Å². The van der Waals surface area contributed by atoms with Crippen molar-refractivity contribution in [2.24, 2.45) is 0 Å². The van der Waals surface area contributed by atoms with Crippen molar-refractivity contribution in [3.05, 3.63) is 56.2 Å². The number of allylic oxidation sites excluding steroid dienone is 1. The summed E-state index contributed by atoms with van der Waals surface area (Å²) >= 11 is 1.59. The van der Waals surface area contributed by atoms with Gasteiger partial charge in [-0.2, -0.15) is 0 Å². The summed E-state index contributed by atoms with van der Waals surface area (Å²) in [5.74, 6) is -0.720. The number of esters is 1. The molecule has 0 spiro atoms. The first-order chi connectivity index (χ1) is 14.8. The molecule has 0 saturated carbocycles. The Balaban J connectivity index is 1.70. The highest BCUT2D eigenvalue weighted by molar-refractivity contribution is 8.02. The van der Waals surface area contributed by atoms with Crippen LogP contribution in [0.5, 0.6) is 0 Å². The normalized spacial score (nSPS) is 20.7. The summed E-state index contributed by atoms with van der Waals surface area (Å²) in [4.78, 5) is 31.6. The maximum Gasteiger partial charge on any atom is 0.343 e. The summed E-state index contributed by atoms with van der Waals surface area (Å²) in [5.41, 5.74) is 10.7. The molecule has 0 saturated heterocycles. The van der Waals surface area contributed by atoms with E-state index < -0.39 is 11.6 Å². The van der Waals surface area contributed by atoms with Crippen LogP contribution >= 0.6 is 11.8 Å². The average molecular weight is 433 g/mol. The third kappa shape index (κ3) is 2.21. The topological polar surface area (TPSA) is 107 Å². The number of carbonyl (C=O) groups is 1. The van der Waals surface area contributed by atoms with Gasteiger partial charge in [-0.25, -0.2) is 9.78 Å². The van der Waals surface area contributed by atoms with E-state index >= 15 is 0 Å². The zero-order chi connectivity index (χ0) is 21.7. The molecular formula is C23H19N3O4S. The number of cyclic esters (lactones) is 1. The highest BCUT2D eigenvalue weighted by atomic mass is 32.2. The van der Waals surface area contributed by atoms with Gasteiger partial charge in [-0.1, -0.05) is 18.7 Å². The number of anilines is 1. The summed E-state index contributed by atoms with van der Waals surface area (Å²) in [6, 6.07) is 5.49. The van der Waals surface area contributed by atoms with Gasteiger partial charge < -0.3 is 20.1 Å². The van der Waals surface area contributed by atoms with Gasteiger partial charge in [-0.05, 0) is 48.1 Å². The molecule has 5 heterocycles. The van der Waals surface area contributed by atoms with E-state index in [1.165, 1.54) is 0 Å². The zero-order valence-electron chi connectivity index (χ0n) is 17.0. The van der Waals surface area contributed by atoms with E-state index in [4.69, 9.17) is 15.5 Å². The first-order valence-corrected chi connectivity index (χ1v) is 11.0. The molecule has 3 N–H and O–H groups in total. The lowest BCUT2D eigenvalue weighted by molar-refractivity contribution is -0.172. The summed E-state index contributed by atoms with van der Waals surface area (Å²) in [6.45, 7) is 3.98. The molecule has 1 atom stereocenters. The van der Waals surface area contributed by atoms with Gasteiger partial charge in [0.05, 0.1) is 29.0 Å². The molecule has 156 valence electrons. The molecule has 0 radical (unpaired) electrons. The first kappa shape index (κ1) is 18.7. The van der Waals surface area contributed by atoms with E-state index in [2.05, 4.69) is 5.41 Å². The van der Waals surface area contributed by atoms with E-state index in [-0.39, 0.29) is 18.6 Å². The quantitative estimate of drug-likeness (QED) is 0.351. The number of carbonyl (C=O) groups excluding carboxylic acids is 1. The second kappa shape index (κ2) is 5.99. The summed E-state index contributed by atoms with van der Waals surface area (Å²) in [6.07, 6.45) is 0.118. The van der Waals surface area contributed by atoms with Crippen LogP contribution in [0.4, 0.5) is 5.69 Å². The third-order valence-corrected chi connectivity index (χ3v) is 7.73. The number of thioether (sulfide) groups is 1. The van der Waals surface area contributed by atoms with Gasteiger partial charge in [0.25, 0.3) is 5.56 Å². The number of pyridine rings is 2. The Labute approximate surface area is 181 Å². The number of nitrogen functional groups attached to an aromatic ring is 1. The van der Waals surface area contributed by atoms with Gasteiger partial charge in [0, 0.05) is 27.1 Å². The molecule has 7 nitrogen and oxygen atoms in total. The Kier molecular flexibility index (Phi) is 3.60. The summed E-state index contributed by atoms with van der Waals surface area (Å²) in [5, 5.41) is 14.1. The maximum absolute atomic E-state index is 13.4. The second-order valence-corrected chi connectivity index (χ2v) is 9.09. The lowest BCUT2D eigenvalue weighted by Gasteiger charge is -2.31. The predicted octanol–water partition coefficient (Wildman–Crippen LogP) is 3.13. The lowest BCUT2D eigenvalue weighted by Crippen LogP contribution is -2.44. The van der Waals surface area contributed by atoms with Crippen molar-refractivity contribution in [3.63, 3.8) is 0 Å². The van der Waals surface area contributed by atoms with Crippen molar-refractivity contribution < 1.29 is 14.6 Å². The molecule has 3 aromatic rings. The molecule has 31 heavy (non-hydrogen) atoms. The number of hydrogen-bond acceptors (Lipinski definition) is 7. The summed E-state index contributed by atoms with van der Waals surface area (Å²) < 4.78 is 6.81. The minimum Gasteiger partial charge on any atom is -0.458 e. The highest BCUT2D eigenvalue weighted by Gasteiger charge is 2.45. The van der Waals surface area contributed by atoms with E-state index in [1.807, 2.05) is 19.1 Å². The molecule has 6 rings (SSSR count). The van der Waals surface area contributed by atoms with Crippen molar-refractivity contribution in [1.82, 2.24) is 9.55 Å². The average Bonchev–Trinajstić information content (AvgIpc) is 3.13. The number of fused-ring (bicyclic) bond motifs is 5. The molecule has 8 heteroatoms. The SMILES string of the molecule is CC[C@@]1(O)C(=O)OCc2c1cc1n(c2=O)Cc2c-1nc1ccc(N)c3c1c2C(C)=CS3. The number of ether oxygens (including phenoxy) is 1. The van der Waals surface area contributed by atoms with Gasteiger partial charge in [0.15, 0.2) is 5.60 Å². The molecule has 0 fully saturated rings. The van der Waals surface area contributed by atoms with Crippen LogP contribution in [-0.2, 0) is 28.3 Å². The number of aliphatic hydroxyl groups is 1. The molecule has 0 aliphatic carbocycles. The Bertz CT molecular complexity index is 1460. The van der Waals surface area contributed by atoms with E-state index in [0.717, 1.165) is 32.5 Å². The predicted molar refractivity (Wildman–Crippen MR) is 118 cm³/mol. The minimum atomic E-state index is -1.83. The van der Waals surface area contributed by atoms with E-state index in [1.54, 1.807) is 29.3 Å². The third-order valence-electron chi connectivity index (χ3n) is 6.59. The fourth-order valence-electron chi connectivity index (χ4n) is 4.93. The molecular weight excluding hydrogens is 414 g/mol. The smallest absolute Gasteiger partial charge is 0.343 e. The van der Waals surface area contributed by atoms with Crippen LogP contribution in [0.1, 0.15) is 42.5 Å². The fourth-order valence-corrected chi connectivity index (χ4v) is 5.87. The van der Waals surface area contributed by atoms with Gasteiger partial charge in [0.1, 0.15) is 6.61 Å². The highest BCUT2D eigenvalue weighted by Crippen LogP contribution is 2.48. The molecule has 0 unspecified atom stereocenters. The Morgan fingerprint density at radius 1 is 1.32 bits per heavy atom. The molecule has 0 bridgehead atoms. The second-order valence-electron chi connectivity index (χ2n) is 8.21. The maximum atomic E-state index is 13.4. The van der Waals surface area contributed by atoms with Gasteiger partial charge in [-0.15, -0.1) is 0 Å². The monoisotopic (exact) mass is 433 g/mol. The molecule has 0 amide bonds. The summed E-state index contributed by atoms with van der Waals surface area (Å²) in [7, 11) is 0. The van der Waals surface area contributed by atoms with Crippen LogP contribution in [0, 0.1) is 0 Å². The zero-order valence-corrected chi connectivity index (χ0v) is 17.8. The molecule has 3 aliphatic rings. The lowest BCUT2D eigenvalue weighted by atomic mass is 9.86. The Hall–Kier alpha value is -3.10. The number of nitrogens with zero attached hydrogens (tertiary/aromatic N) is 2. The van der Waals surface area contributed by atoms with Gasteiger partial charge in [-0.3, -0.25) is 4.79 Å². The van der Waals surface area contributed by atoms with Crippen molar-refractivity contribution in [2.75, 3.05) is 5.73 Å². The fraction of sp³-hybridized carbons (Fsp3) is 0.261. The number of rotatable bonds is 1. The number of hydrogen-bond donors (Lipinski definition) is 2. The van der Waals surface area contributed by atoms with Crippen LogP contribution in [0.15, 0.2) is 33.3 Å². The standard InChI is InChI=1S/C23H19N3O4S/c1-3-23(29)13-6-16-19-11(7-26(16)21(27)12(13)8-30-22(23)28)17-10(2)9-31-20-14(24)4-5-15(25-19)18(17)20/h4-6,9,29H,3,7-8,24H2,1-2H3/t23-/m0/s1. The number of aromatic nitrogens is 2. The van der Waals surface area contributed by atoms with Crippen LogP contribution in [-0.4, -0.2) is 20.6 Å². The van der Waals surface area contributed by atoms with E-state index in [0.29, 0.717) is 34.7 Å². The molecule has 2 aromatic heterocycles. The minimum absolute atomic E-state index is 0.118. The van der Waals surface area contributed by atoms with Crippen molar-refractivity contribution in [1.29, 1.82) is 0 Å². The number of nitrogens with two attached hydrogens (primary N) is 1. The van der Waals surface area contributed by atoms with Gasteiger partial charge in [0.2, 0.25) is 0 Å². The number of benzene rings is 1. The first-order valence-electron chi connectivity index (χ1n) is 10.1. The van der Waals surface area contributed by atoms with Gasteiger partial charge >= 0.3 is 5.97 Å². The van der Waals surface area contributed by atoms with Crippen molar-refractivity contribution in [2.45, 2.75) is 43.9 Å². The van der Waals surface area contributed by atoms with Crippen LogP contribution in [0.3, 0.4) is 0 Å². The molecule has 3 aliphatic heterocycles. The van der Waals surface area contributed by atoms with Crippen molar-refractivity contribution in [3.8, 4) is 11.4 Å². The van der Waals surface area contributed by atoms with Crippen LogP contribution in [0.2, 0.25) is 0 Å².